The Morgan fingerprint density at radius 2 is 1.86 bits per heavy atom. The predicted octanol–water partition coefficient (Wildman–Crippen LogP) is 1.58. The van der Waals surface area contributed by atoms with E-state index in [1.54, 1.807) is 19.2 Å². The van der Waals surface area contributed by atoms with E-state index in [-0.39, 0.29) is 18.8 Å². The van der Waals surface area contributed by atoms with Crippen molar-refractivity contribution in [1.29, 1.82) is 0 Å². The fraction of sp³-hybridized carbons (Fsp3) is 0.625. The number of rotatable bonds is 10. The molecule has 120 valence electrons. The minimum Gasteiger partial charge on any atom is -0.497 e. The first-order valence-corrected chi connectivity index (χ1v) is 7.34. The lowest BCUT2D eigenvalue weighted by Crippen LogP contribution is -2.47. The second-order valence-corrected chi connectivity index (χ2v) is 5.41. The highest BCUT2D eigenvalue weighted by molar-refractivity contribution is 5.31. The lowest BCUT2D eigenvalue weighted by molar-refractivity contribution is 0.0934. The summed E-state index contributed by atoms with van der Waals surface area (Å²) in [6.45, 7) is 4.89. The third kappa shape index (κ3) is 6.33. The Balaban J connectivity index is 2.34. The van der Waals surface area contributed by atoms with Gasteiger partial charge in [0.15, 0.2) is 0 Å². The standard InChI is InChI=1S/C16H27NO4/c1-4-16(2,9-10-18)17-11-13(19)12-21-15-7-5-14(20-3)6-8-15/h5-8,13,17-19H,4,9-12H2,1-3H3. The zero-order valence-corrected chi connectivity index (χ0v) is 13.1. The highest BCUT2D eigenvalue weighted by Crippen LogP contribution is 2.17. The summed E-state index contributed by atoms with van der Waals surface area (Å²) in [6, 6.07) is 7.24. The van der Waals surface area contributed by atoms with Crippen LogP contribution in [0.25, 0.3) is 0 Å². The maximum Gasteiger partial charge on any atom is 0.119 e. The summed E-state index contributed by atoms with van der Waals surface area (Å²) in [6.07, 6.45) is 0.950. The average Bonchev–Trinajstić information content (AvgIpc) is 2.51. The maximum absolute atomic E-state index is 9.96. The van der Waals surface area contributed by atoms with Gasteiger partial charge in [0.25, 0.3) is 0 Å². The zero-order valence-electron chi connectivity index (χ0n) is 13.1. The Bertz CT molecular complexity index is 396. The van der Waals surface area contributed by atoms with E-state index in [1.807, 2.05) is 19.1 Å². The molecule has 0 fully saturated rings. The van der Waals surface area contributed by atoms with Crippen molar-refractivity contribution < 1.29 is 19.7 Å². The van der Waals surface area contributed by atoms with Crippen molar-refractivity contribution in [2.24, 2.45) is 0 Å². The summed E-state index contributed by atoms with van der Waals surface area (Å²) in [5.74, 6) is 1.47. The van der Waals surface area contributed by atoms with Gasteiger partial charge < -0.3 is 25.0 Å². The van der Waals surface area contributed by atoms with Gasteiger partial charge >= 0.3 is 0 Å². The van der Waals surface area contributed by atoms with Crippen LogP contribution in [0.1, 0.15) is 26.7 Å². The van der Waals surface area contributed by atoms with Gasteiger partial charge in [-0.05, 0) is 44.0 Å². The summed E-state index contributed by atoms with van der Waals surface area (Å²) >= 11 is 0. The van der Waals surface area contributed by atoms with Gasteiger partial charge in [0.05, 0.1) is 7.11 Å². The molecule has 0 aliphatic carbocycles. The number of methoxy groups -OCH3 is 1. The third-order valence-electron chi connectivity index (χ3n) is 3.71. The summed E-state index contributed by atoms with van der Waals surface area (Å²) in [7, 11) is 1.61. The molecule has 2 atom stereocenters. The minimum absolute atomic E-state index is 0.135. The zero-order chi connectivity index (χ0) is 15.7. The van der Waals surface area contributed by atoms with Gasteiger partial charge in [0, 0.05) is 18.7 Å². The molecule has 0 saturated heterocycles. The van der Waals surface area contributed by atoms with Crippen LogP contribution in [0.2, 0.25) is 0 Å². The predicted molar refractivity (Wildman–Crippen MR) is 82.9 cm³/mol. The minimum atomic E-state index is -0.600. The lowest BCUT2D eigenvalue weighted by Gasteiger charge is -2.30. The molecule has 0 aliphatic heterocycles. The Labute approximate surface area is 126 Å². The van der Waals surface area contributed by atoms with Crippen molar-refractivity contribution in [2.45, 2.75) is 38.3 Å². The van der Waals surface area contributed by atoms with E-state index in [0.717, 1.165) is 12.2 Å². The van der Waals surface area contributed by atoms with Gasteiger partial charge in [0.1, 0.15) is 24.2 Å². The first-order chi connectivity index (χ1) is 10.0. The molecule has 0 amide bonds. The molecule has 5 nitrogen and oxygen atoms in total. The molecule has 1 aromatic rings. The molecule has 1 rings (SSSR count). The summed E-state index contributed by atoms with van der Waals surface area (Å²) in [4.78, 5) is 0. The van der Waals surface area contributed by atoms with Gasteiger partial charge in [-0.3, -0.25) is 0 Å². The number of β-amino-alcohol motifs (C(OH)–C–C–N with tert-alkyl or cyclic N) is 1. The molecule has 21 heavy (non-hydrogen) atoms. The van der Waals surface area contributed by atoms with Crippen LogP contribution in [0.3, 0.4) is 0 Å². The molecule has 0 radical (unpaired) electrons. The van der Waals surface area contributed by atoms with Crippen molar-refractivity contribution in [3.63, 3.8) is 0 Å². The van der Waals surface area contributed by atoms with Crippen LogP contribution in [0.4, 0.5) is 0 Å². The van der Waals surface area contributed by atoms with E-state index < -0.39 is 6.10 Å². The van der Waals surface area contributed by atoms with Gasteiger partial charge in [-0.1, -0.05) is 6.92 Å². The fourth-order valence-electron chi connectivity index (χ4n) is 1.92. The first kappa shape index (κ1) is 17.8. The van der Waals surface area contributed by atoms with E-state index in [0.29, 0.717) is 18.7 Å². The highest BCUT2D eigenvalue weighted by atomic mass is 16.5. The number of aliphatic hydroxyl groups excluding tert-OH is 2. The number of nitrogens with one attached hydrogen (secondary N) is 1. The van der Waals surface area contributed by atoms with Crippen molar-refractivity contribution in [3.05, 3.63) is 24.3 Å². The van der Waals surface area contributed by atoms with Crippen LogP contribution >= 0.6 is 0 Å². The van der Waals surface area contributed by atoms with E-state index in [4.69, 9.17) is 14.6 Å². The average molecular weight is 297 g/mol. The third-order valence-corrected chi connectivity index (χ3v) is 3.71. The molecule has 0 saturated carbocycles. The van der Waals surface area contributed by atoms with E-state index in [2.05, 4.69) is 12.2 Å². The molecule has 1 aromatic carbocycles. The van der Waals surface area contributed by atoms with Crippen molar-refractivity contribution in [3.8, 4) is 11.5 Å². The molecule has 0 aromatic heterocycles. The highest BCUT2D eigenvalue weighted by Gasteiger charge is 2.21. The quantitative estimate of drug-likeness (QED) is 0.611. The van der Waals surface area contributed by atoms with Crippen molar-refractivity contribution in [2.75, 3.05) is 26.9 Å². The maximum atomic E-state index is 9.96. The van der Waals surface area contributed by atoms with E-state index in [9.17, 15) is 5.11 Å². The molecule has 0 spiro atoms. The van der Waals surface area contributed by atoms with Gasteiger partial charge in [-0.15, -0.1) is 0 Å². The van der Waals surface area contributed by atoms with E-state index in [1.165, 1.54) is 0 Å². The van der Waals surface area contributed by atoms with Crippen LogP contribution in [0.15, 0.2) is 24.3 Å². The van der Waals surface area contributed by atoms with Crippen LogP contribution in [-0.2, 0) is 0 Å². The van der Waals surface area contributed by atoms with Gasteiger partial charge in [0.2, 0.25) is 0 Å². The summed E-state index contributed by atoms with van der Waals surface area (Å²) in [5, 5.41) is 22.3. The molecule has 0 heterocycles. The number of benzene rings is 1. The largest absolute Gasteiger partial charge is 0.497 e. The molecular formula is C16H27NO4. The number of hydrogen-bond acceptors (Lipinski definition) is 5. The van der Waals surface area contributed by atoms with Crippen LogP contribution in [-0.4, -0.2) is 48.7 Å². The van der Waals surface area contributed by atoms with Crippen LogP contribution in [0, 0.1) is 0 Å². The Morgan fingerprint density at radius 3 is 2.38 bits per heavy atom. The Morgan fingerprint density at radius 1 is 1.24 bits per heavy atom. The molecule has 0 bridgehead atoms. The summed E-state index contributed by atoms with van der Waals surface area (Å²) < 4.78 is 10.6. The van der Waals surface area contributed by atoms with E-state index >= 15 is 0 Å². The van der Waals surface area contributed by atoms with Gasteiger partial charge in [-0.25, -0.2) is 0 Å². The van der Waals surface area contributed by atoms with Crippen molar-refractivity contribution >= 4 is 0 Å². The Hall–Kier alpha value is -1.30. The number of hydrogen-bond donors (Lipinski definition) is 3. The van der Waals surface area contributed by atoms with Crippen LogP contribution in [0.5, 0.6) is 11.5 Å². The number of ether oxygens (including phenoxy) is 2. The SMILES string of the molecule is CCC(C)(CCO)NCC(O)COc1ccc(OC)cc1. The Kier molecular flexibility index (Phi) is 7.50. The summed E-state index contributed by atoms with van der Waals surface area (Å²) in [5.41, 5.74) is -0.157. The molecule has 5 heteroatoms. The number of aliphatic hydroxyl groups is 2. The molecule has 0 aliphatic rings. The normalized spacial score (nSPS) is 15.3. The van der Waals surface area contributed by atoms with Gasteiger partial charge in [-0.2, -0.15) is 0 Å². The second-order valence-electron chi connectivity index (χ2n) is 5.41. The smallest absolute Gasteiger partial charge is 0.119 e. The monoisotopic (exact) mass is 297 g/mol. The molecule has 2 unspecified atom stereocenters. The van der Waals surface area contributed by atoms with Crippen molar-refractivity contribution in [1.82, 2.24) is 5.32 Å². The van der Waals surface area contributed by atoms with Crippen LogP contribution < -0.4 is 14.8 Å². The fourth-order valence-corrected chi connectivity index (χ4v) is 1.92. The lowest BCUT2D eigenvalue weighted by atomic mass is 9.95. The second kappa shape index (κ2) is 8.87. The first-order valence-electron chi connectivity index (χ1n) is 7.34. The molecular weight excluding hydrogens is 270 g/mol. The molecule has 3 N–H and O–H groups in total. The topological polar surface area (TPSA) is 71.0 Å².